The Morgan fingerprint density at radius 2 is 2.08 bits per heavy atom. The Kier molecular flexibility index (Phi) is 4.50. The van der Waals surface area contributed by atoms with Gasteiger partial charge in [0.2, 0.25) is 5.09 Å². The number of amides is 1. The van der Waals surface area contributed by atoms with Crippen LogP contribution in [0.5, 0.6) is 0 Å². The molecule has 0 radical (unpaired) electrons. The lowest BCUT2D eigenvalue weighted by Crippen LogP contribution is -2.26. The lowest BCUT2D eigenvalue weighted by Gasteiger charge is -2.11. The van der Waals surface area contributed by atoms with Crippen LogP contribution in [0.4, 0.5) is 0 Å². The van der Waals surface area contributed by atoms with Gasteiger partial charge < -0.3 is 9.73 Å². The number of nitrogens with zero attached hydrogens (tertiary/aromatic N) is 1. The molecule has 3 rings (SSSR count). The van der Waals surface area contributed by atoms with E-state index in [4.69, 9.17) is 4.42 Å². The molecule has 2 aromatic rings. The fourth-order valence-electron chi connectivity index (χ4n) is 2.35. The van der Waals surface area contributed by atoms with Crippen molar-refractivity contribution in [2.45, 2.75) is 50.8 Å². The summed E-state index contributed by atoms with van der Waals surface area (Å²) in [5.41, 5.74) is 0.877. The van der Waals surface area contributed by atoms with E-state index in [-0.39, 0.29) is 22.9 Å². The highest BCUT2D eigenvalue weighted by Crippen LogP contribution is 2.26. The van der Waals surface area contributed by atoms with Gasteiger partial charge in [0.05, 0.1) is 16.7 Å². The van der Waals surface area contributed by atoms with Gasteiger partial charge in [0.1, 0.15) is 0 Å². The number of carbonyl (C=O) groups excluding carboxylic acids is 1. The fraction of sp³-hybridized carbons (Fsp3) is 0.467. The van der Waals surface area contributed by atoms with Crippen LogP contribution in [0.2, 0.25) is 0 Å². The van der Waals surface area contributed by atoms with Gasteiger partial charge in [-0.1, -0.05) is 0 Å². The third-order valence-corrected chi connectivity index (χ3v) is 6.30. The van der Waals surface area contributed by atoms with E-state index in [0.29, 0.717) is 0 Å². The Morgan fingerprint density at radius 3 is 2.67 bits per heavy atom. The summed E-state index contributed by atoms with van der Waals surface area (Å²) >= 11 is 1.52. The fourth-order valence-corrected chi connectivity index (χ4v) is 4.51. The molecule has 1 aliphatic carbocycles. The second-order valence-corrected chi connectivity index (χ2v) is 8.77. The Hall–Kier alpha value is -1.71. The third kappa shape index (κ3) is 3.68. The van der Waals surface area contributed by atoms with Gasteiger partial charge >= 0.3 is 0 Å². The monoisotopic (exact) mass is 369 g/mol. The molecule has 2 N–H and O–H groups in total. The van der Waals surface area contributed by atoms with Crippen LogP contribution in [0.25, 0.3) is 0 Å². The molecular formula is C15H19N3O4S2. The maximum Gasteiger partial charge on any atom is 0.287 e. The summed E-state index contributed by atoms with van der Waals surface area (Å²) in [6.07, 6.45) is 1.66. The minimum Gasteiger partial charge on any atom is -0.438 e. The normalized spacial score (nSPS) is 16.1. The molecule has 1 fully saturated rings. The number of sulfonamides is 1. The van der Waals surface area contributed by atoms with Crippen LogP contribution >= 0.6 is 11.3 Å². The van der Waals surface area contributed by atoms with Gasteiger partial charge in [0.15, 0.2) is 5.76 Å². The SMILES string of the molecule is Cc1nc(C)c(C(C)NC(=O)c2ccc(S(=O)(=O)NC3CC3)o2)s1. The number of carbonyl (C=O) groups is 1. The number of aryl methyl sites for hydroxylation is 2. The maximum absolute atomic E-state index is 12.3. The Bertz CT molecular complexity index is 865. The number of aromatic nitrogens is 1. The minimum atomic E-state index is -3.70. The van der Waals surface area contributed by atoms with Gasteiger partial charge in [-0.05, 0) is 45.7 Å². The van der Waals surface area contributed by atoms with Crippen LogP contribution in [-0.4, -0.2) is 25.4 Å². The summed E-state index contributed by atoms with van der Waals surface area (Å²) < 4.78 is 31.9. The Balaban J connectivity index is 1.70. The predicted molar refractivity (Wildman–Crippen MR) is 89.5 cm³/mol. The first-order chi connectivity index (χ1) is 11.3. The number of thiazole rings is 1. The van der Waals surface area contributed by atoms with Gasteiger partial charge in [0, 0.05) is 10.9 Å². The molecule has 1 unspecified atom stereocenters. The molecule has 1 atom stereocenters. The van der Waals surface area contributed by atoms with Gasteiger partial charge in [-0.3, -0.25) is 4.79 Å². The largest absolute Gasteiger partial charge is 0.438 e. The van der Waals surface area contributed by atoms with Gasteiger partial charge in [0.25, 0.3) is 15.9 Å². The Labute approximate surface area is 144 Å². The quantitative estimate of drug-likeness (QED) is 0.813. The van der Waals surface area contributed by atoms with Crippen LogP contribution in [0.15, 0.2) is 21.6 Å². The summed E-state index contributed by atoms with van der Waals surface area (Å²) in [5.74, 6) is -0.488. The lowest BCUT2D eigenvalue weighted by molar-refractivity contribution is 0.0907. The molecule has 24 heavy (non-hydrogen) atoms. The number of hydrogen-bond donors (Lipinski definition) is 2. The van der Waals surface area contributed by atoms with E-state index in [1.165, 1.54) is 23.5 Å². The van der Waals surface area contributed by atoms with Crippen molar-refractivity contribution in [2.24, 2.45) is 0 Å². The van der Waals surface area contributed by atoms with E-state index in [1.807, 2.05) is 20.8 Å². The molecule has 130 valence electrons. The molecule has 0 spiro atoms. The van der Waals surface area contributed by atoms with E-state index in [1.54, 1.807) is 0 Å². The second-order valence-electron chi connectivity index (χ2n) is 5.89. The minimum absolute atomic E-state index is 0.0186. The summed E-state index contributed by atoms with van der Waals surface area (Å²) in [7, 11) is -3.70. The summed E-state index contributed by atoms with van der Waals surface area (Å²) in [6, 6.07) is 2.41. The van der Waals surface area contributed by atoms with Crippen LogP contribution < -0.4 is 10.0 Å². The van der Waals surface area contributed by atoms with Gasteiger partial charge in [-0.25, -0.2) is 18.1 Å². The highest BCUT2D eigenvalue weighted by Gasteiger charge is 2.30. The van der Waals surface area contributed by atoms with Crippen molar-refractivity contribution >= 4 is 27.3 Å². The van der Waals surface area contributed by atoms with E-state index >= 15 is 0 Å². The van der Waals surface area contributed by atoms with Crippen LogP contribution in [-0.2, 0) is 10.0 Å². The first-order valence-electron chi connectivity index (χ1n) is 7.63. The van der Waals surface area contributed by atoms with Crippen molar-refractivity contribution < 1.29 is 17.6 Å². The summed E-state index contributed by atoms with van der Waals surface area (Å²) in [6.45, 7) is 5.65. The molecule has 0 aromatic carbocycles. The standard InChI is InChI=1S/C15H19N3O4S2/c1-8-14(23-10(3)16-8)9(2)17-15(19)12-6-7-13(22-12)24(20,21)18-11-4-5-11/h6-7,9,11,18H,4-5H2,1-3H3,(H,17,19). The zero-order valence-electron chi connectivity index (χ0n) is 13.6. The number of hydrogen-bond acceptors (Lipinski definition) is 6. The number of rotatable bonds is 6. The molecule has 2 heterocycles. The molecule has 2 aromatic heterocycles. The maximum atomic E-state index is 12.3. The third-order valence-electron chi connectivity index (χ3n) is 3.65. The molecule has 9 heteroatoms. The molecule has 1 amide bonds. The van der Waals surface area contributed by atoms with Crippen molar-refractivity contribution in [2.75, 3.05) is 0 Å². The van der Waals surface area contributed by atoms with Crippen LogP contribution in [0, 0.1) is 13.8 Å². The van der Waals surface area contributed by atoms with Crippen molar-refractivity contribution in [3.8, 4) is 0 Å². The molecular weight excluding hydrogens is 350 g/mol. The topological polar surface area (TPSA) is 101 Å². The average Bonchev–Trinajstić information content (AvgIpc) is 3.01. The van der Waals surface area contributed by atoms with Crippen molar-refractivity contribution in [3.63, 3.8) is 0 Å². The Morgan fingerprint density at radius 1 is 1.38 bits per heavy atom. The molecule has 1 saturated carbocycles. The molecule has 0 bridgehead atoms. The van der Waals surface area contributed by atoms with E-state index < -0.39 is 15.9 Å². The van der Waals surface area contributed by atoms with Crippen molar-refractivity contribution in [1.29, 1.82) is 0 Å². The van der Waals surface area contributed by atoms with Crippen molar-refractivity contribution in [1.82, 2.24) is 15.0 Å². The molecule has 0 aliphatic heterocycles. The smallest absolute Gasteiger partial charge is 0.287 e. The van der Waals surface area contributed by atoms with E-state index in [0.717, 1.165) is 28.4 Å². The van der Waals surface area contributed by atoms with Crippen LogP contribution in [0.3, 0.4) is 0 Å². The molecule has 7 nitrogen and oxygen atoms in total. The van der Waals surface area contributed by atoms with E-state index in [9.17, 15) is 13.2 Å². The zero-order valence-corrected chi connectivity index (χ0v) is 15.3. The zero-order chi connectivity index (χ0) is 17.5. The van der Waals surface area contributed by atoms with Crippen molar-refractivity contribution in [3.05, 3.63) is 33.5 Å². The molecule has 1 aliphatic rings. The first-order valence-corrected chi connectivity index (χ1v) is 9.93. The average molecular weight is 369 g/mol. The summed E-state index contributed by atoms with van der Waals surface area (Å²) in [4.78, 5) is 17.6. The summed E-state index contributed by atoms with van der Waals surface area (Å²) in [5, 5.41) is 3.50. The van der Waals surface area contributed by atoms with Gasteiger partial charge in [-0.15, -0.1) is 11.3 Å². The lowest BCUT2D eigenvalue weighted by atomic mass is 10.2. The van der Waals surface area contributed by atoms with Crippen LogP contribution in [0.1, 0.15) is 51.9 Å². The second kappa shape index (κ2) is 6.30. The number of furan rings is 1. The first kappa shape index (κ1) is 17.1. The van der Waals surface area contributed by atoms with Gasteiger partial charge in [-0.2, -0.15) is 0 Å². The van der Waals surface area contributed by atoms with E-state index in [2.05, 4.69) is 15.0 Å². The predicted octanol–water partition coefficient (Wildman–Crippen LogP) is 2.28. The number of nitrogens with one attached hydrogen (secondary N) is 2. The highest BCUT2D eigenvalue weighted by molar-refractivity contribution is 7.89. The molecule has 0 saturated heterocycles. The highest BCUT2D eigenvalue weighted by atomic mass is 32.2.